The van der Waals surface area contributed by atoms with E-state index < -0.39 is 32.5 Å². The normalized spacial score (nSPS) is 13.5. The summed E-state index contributed by atoms with van der Waals surface area (Å²) in [4.78, 5) is 37.5. The Morgan fingerprint density at radius 2 is 0.944 bits per heavy atom. The number of likely N-dealkylation sites (N-methyl/N-ethyl adjacent to an activating group) is 1. The number of unbranched alkanes of at least 4 members (excludes halogenated alkanes) is 18. The number of hydrogen-bond donors (Lipinski definition) is 0. The minimum absolute atomic E-state index is 0.0316. The van der Waals surface area contributed by atoms with Crippen LogP contribution in [0.2, 0.25) is 0 Å². The lowest BCUT2D eigenvalue weighted by molar-refractivity contribution is -0.870. The molecule has 0 aliphatic carbocycles. The van der Waals surface area contributed by atoms with Crippen LogP contribution in [-0.4, -0.2) is 93.0 Å². The van der Waals surface area contributed by atoms with Crippen LogP contribution in [0.1, 0.15) is 168 Å². The van der Waals surface area contributed by atoms with E-state index in [1.807, 2.05) is 64.3 Å². The first kappa shape index (κ1) is 54.4. The molecule has 0 radical (unpaired) electrons. The van der Waals surface area contributed by atoms with E-state index in [-0.39, 0.29) is 26.1 Å². The van der Waals surface area contributed by atoms with Crippen molar-refractivity contribution in [3.63, 3.8) is 0 Å². The summed E-state index contributed by atoms with van der Waals surface area (Å²) in [5.41, 5.74) is 0. The van der Waals surface area contributed by atoms with Crippen LogP contribution in [0.4, 0.5) is 0 Å². The number of esters is 2. The molecule has 0 heterocycles. The minimum Gasteiger partial charge on any atom is -0.756 e. The summed E-state index contributed by atoms with van der Waals surface area (Å²) in [7, 11) is 8.87. The van der Waals surface area contributed by atoms with Crippen LogP contribution in [0, 0.1) is 0 Å². The first-order chi connectivity index (χ1) is 26.0. The Kier molecular flexibility index (Phi) is 39.2. The lowest BCUT2D eigenvalue weighted by atomic mass is 10.1. The van der Waals surface area contributed by atoms with Gasteiger partial charge in [0, 0.05) is 35.9 Å². The summed E-state index contributed by atoms with van der Waals surface area (Å²) in [5, 5.41) is 0. The quantitative estimate of drug-likeness (QED) is 0.0191. The number of phosphoric acid groups is 1. The molecule has 0 N–H and O–H groups in total. The van der Waals surface area contributed by atoms with Gasteiger partial charge in [0.25, 0.3) is 7.82 Å². The summed E-state index contributed by atoms with van der Waals surface area (Å²) in [6.07, 6.45) is 26.2. The Balaban J connectivity index is 4.30. The molecular weight excluding hydrogens is 782 g/mol. The van der Waals surface area contributed by atoms with Crippen LogP contribution < -0.4 is 4.89 Å². The van der Waals surface area contributed by atoms with E-state index >= 15 is 0 Å². The second-order valence-electron chi connectivity index (χ2n) is 15.2. The summed E-state index contributed by atoms with van der Waals surface area (Å²) in [6, 6.07) is 0. The lowest BCUT2D eigenvalue weighted by Gasteiger charge is -2.28. The zero-order valence-electron chi connectivity index (χ0n) is 35.0. The van der Waals surface area contributed by atoms with Crippen LogP contribution in [0.15, 0.2) is 0 Å². The van der Waals surface area contributed by atoms with Crippen LogP contribution in [0.25, 0.3) is 0 Å². The molecule has 0 aromatic heterocycles. The number of nitrogens with zero attached hydrogens (tertiary/aromatic N) is 1. The summed E-state index contributed by atoms with van der Waals surface area (Å²) in [5.74, 6) is 3.65. The first-order valence-electron chi connectivity index (χ1n) is 21.2. The molecule has 0 rings (SSSR count). The molecule has 14 heteroatoms. The van der Waals surface area contributed by atoms with Crippen LogP contribution in [-0.2, 0) is 32.7 Å². The molecule has 0 saturated heterocycles. The fourth-order valence-electron chi connectivity index (χ4n) is 5.30. The van der Waals surface area contributed by atoms with Gasteiger partial charge in [0.2, 0.25) is 0 Å². The molecule has 2 unspecified atom stereocenters. The molecule has 0 fully saturated rings. The average molecular weight is 862 g/mol. The smallest absolute Gasteiger partial charge is 0.306 e. The third-order valence-electron chi connectivity index (χ3n) is 8.70. The Labute approximate surface area is 347 Å². The van der Waals surface area contributed by atoms with Gasteiger partial charge in [-0.15, -0.1) is 0 Å². The van der Waals surface area contributed by atoms with Crippen molar-refractivity contribution in [2.45, 2.75) is 174 Å². The molecule has 54 heavy (non-hydrogen) atoms. The average Bonchev–Trinajstić information content (AvgIpc) is 3.12. The zero-order chi connectivity index (χ0) is 40.0. The molecule has 322 valence electrons. The third-order valence-corrected chi connectivity index (χ3v) is 14.8. The molecule has 2 atom stereocenters. The monoisotopic (exact) mass is 861 g/mol. The highest BCUT2D eigenvalue weighted by Gasteiger charge is 2.21. The van der Waals surface area contributed by atoms with Crippen LogP contribution in [0.3, 0.4) is 0 Å². The Bertz CT molecular complexity index is 916. The van der Waals surface area contributed by atoms with Crippen molar-refractivity contribution in [1.82, 2.24) is 0 Å². The van der Waals surface area contributed by atoms with Crippen molar-refractivity contribution in [3.8, 4) is 0 Å². The highest BCUT2D eigenvalue weighted by Crippen LogP contribution is 2.38. The number of phosphoric ester groups is 1. The molecule has 0 aliphatic heterocycles. The molecule has 0 bridgehead atoms. The van der Waals surface area contributed by atoms with Crippen LogP contribution >= 0.6 is 51.0 Å². The largest absolute Gasteiger partial charge is 0.756 e. The molecule has 0 aromatic carbocycles. The second kappa shape index (κ2) is 38.9. The van der Waals surface area contributed by atoms with Gasteiger partial charge in [0.05, 0.1) is 27.7 Å². The van der Waals surface area contributed by atoms with Gasteiger partial charge < -0.3 is 27.9 Å². The predicted molar refractivity (Wildman–Crippen MR) is 235 cm³/mol. The Morgan fingerprint density at radius 1 is 0.556 bits per heavy atom. The zero-order valence-corrected chi connectivity index (χ0v) is 39.2. The topological polar surface area (TPSA) is 111 Å². The van der Waals surface area contributed by atoms with Gasteiger partial charge in [-0.2, -0.15) is 0 Å². The number of hydrogen-bond acceptors (Lipinski definition) is 12. The summed E-state index contributed by atoms with van der Waals surface area (Å²) < 4.78 is 33.9. The van der Waals surface area contributed by atoms with Crippen molar-refractivity contribution in [2.24, 2.45) is 0 Å². The first-order valence-corrected chi connectivity index (χ1v) is 27.7. The van der Waals surface area contributed by atoms with Gasteiger partial charge in [0.15, 0.2) is 6.10 Å². The number of rotatable bonds is 42. The maximum atomic E-state index is 12.7. The second-order valence-corrected chi connectivity index (χ2v) is 22.1. The minimum atomic E-state index is -4.62. The van der Waals surface area contributed by atoms with Gasteiger partial charge in [-0.1, -0.05) is 160 Å². The number of carbonyl (C=O) groups is 2. The number of quaternary nitrogens is 1. The highest BCUT2D eigenvalue weighted by molar-refractivity contribution is 8.77. The van der Waals surface area contributed by atoms with Crippen LogP contribution in [0.5, 0.6) is 0 Å². The number of carbonyl (C=O) groups excluding carboxylic acids is 2. The van der Waals surface area contributed by atoms with Crippen molar-refractivity contribution < 1.29 is 42.1 Å². The summed E-state index contributed by atoms with van der Waals surface area (Å²) in [6.45, 7) is 4.22. The van der Waals surface area contributed by atoms with E-state index in [0.717, 1.165) is 43.6 Å². The van der Waals surface area contributed by atoms with Crippen molar-refractivity contribution in [3.05, 3.63) is 0 Å². The molecule has 9 nitrogen and oxygen atoms in total. The molecule has 0 aromatic rings. The van der Waals surface area contributed by atoms with Crippen molar-refractivity contribution in [1.29, 1.82) is 0 Å². The highest BCUT2D eigenvalue weighted by atomic mass is 33.1. The van der Waals surface area contributed by atoms with Gasteiger partial charge in [-0.05, 0) is 38.5 Å². The Hall–Kier alpha value is 0.410. The maximum absolute atomic E-state index is 12.7. The molecular formula is C40H80NO8PS4. The maximum Gasteiger partial charge on any atom is 0.306 e. The molecule has 0 saturated carbocycles. The number of ether oxygens (including phenoxy) is 2. The molecule has 0 spiro atoms. The fourth-order valence-corrected chi connectivity index (χ4v) is 10.6. The van der Waals surface area contributed by atoms with Gasteiger partial charge in [-0.25, -0.2) is 0 Å². The van der Waals surface area contributed by atoms with Gasteiger partial charge in [-0.3, -0.25) is 14.2 Å². The molecule has 0 amide bonds. The fraction of sp³-hybridized carbons (Fsp3) is 0.950. The Morgan fingerprint density at radius 3 is 1.37 bits per heavy atom. The lowest BCUT2D eigenvalue weighted by Crippen LogP contribution is -2.37. The SMILES string of the molecule is CCCCCCCCCCSSCCCCCC(=O)OCC(COP(=O)([O-])OCC[N+](C)(C)C)OC(=O)CCCCCSSCCCCCCCCCC. The van der Waals surface area contributed by atoms with Crippen molar-refractivity contribution in [2.75, 3.05) is 70.5 Å². The van der Waals surface area contributed by atoms with Crippen molar-refractivity contribution >= 4 is 62.9 Å². The van der Waals surface area contributed by atoms with Gasteiger partial charge >= 0.3 is 11.9 Å². The third kappa shape index (κ3) is 42.0. The molecule has 0 aliphatic rings. The summed E-state index contributed by atoms with van der Waals surface area (Å²) >= 11 is 0. The van der Waals surface area contributed by atoms with E-state index in [9.17, 15) is 19.0 Å². The van der Waals surface area contributed by atoms with Gasteiger partial charge in [0.1, 0.15) is 19.8 Å². The van der Waals surface area contributed by atoms with E-state index in [0.29, 0.717) is 17.4 Å². The standard InChI is InChI=1S/C40H80NO8PS4/c1-6-8-10-12-14-16-18-24-32-51-53-34-26-20-22-28-39(42)46-36-38(37-48-50(44,45)47-31-30-41(3,4)5)49-40(43)29-23-21-27-35-54-52-33-25-19-17-15-13-11-9-7-2/h38H,6-37H2,1-5H3. The van der Waals surface area contributed by atoms with E-state index in [1.165, 1.54) is 114 Å². The van der Waals surface area contributed by atoms with E-state index in [1.54, 1.807) is 0 Å². The predicted octanol–water partition coefficient (Wildman–Crippen LogP) is 11.8. The van der Waals surface area contributed by atoms with E-state index in [2.05, 4.69) is 13.8 Å². The van der Waals surface area contributed by atoms with E-state index in [4.69, 9.17) is 18.5 Å².